The van der Waals surface area contributed by atoms with Crippen LogP contribution in [0.2, 0.25) is 0 Å². The van der Waals surface area contributed by atoms with Crippen molar-refractivity contribution in [2.45, 2.75) is 11.3 Å². The smallest absolute Gasteiger partial charge is 0.238 e. The largest absolute Gasteiger partial charge is 0.493 e. The first kappa shape index (κ1) is 24.8. The van der Waals surface area contributed by atoms with Gasteiger partial charge in [-0.15, -0.1) is 11.8 Å². The van der Waals surface area contributed by atoms with E-state index in [4.69, 9.17) is 9.47 Å². The number of carbonyl (C=O) groups is 2. The standard InChI is InChI=1S/C23H27F2N3O4S/c1-31-20-7-5-17(13-21(20)32-2)33-15-23(30)28-9-3-8-27(10-11-28)14-22(29)26-19-6-4-16(24)12-18(19)25/h4-7,12-13H,3,8-11,14-15H2,1-2H3,(H,26,29). The number of thioether (sulfide) groups is 1. The molecule has 3 rings (SSSR count). The Labute approximate surface area is 196 Å². The van der Waals surface area contributed by atoms with Crippen LogP contribution < -0.4 is 14.8 Å². The molecule has 0 saturated carbocycles. The summed E-state index contributed by atoms with van der Waals surface area (Å²) >= 11 is 1.43. The van der Waals surface area contributed by atoms with E-state index >= 15 is 0 Å². The number of anilines is 1. The maximum absolute atomic E-state index is 13.7. The zero-order valence-electron chi connectivity index (χ0n) is 18.6. The molecule has 7 nitrogen and oxygen atoms in total. The molecule has 1 aliphatic heterocycles. The van der Waals surface area contributed by atoms with E-state index in [-0.39, 0.29) is 24.0 Å². The molecule has 0 spiro atoms. The van der Waals surface area contributed by atoms with Crippen molar-refractivity contribution in [1.29, 1.82) is 0 Å². The number of methoxy groups -OCH3 is 2. The second kappa shape index (κ2) is 11.9. The summed E-state index contributed by atoms with van der Waals surface area (Å²) in [5.74, 6) is -0.347. The lowest BCUT2D eigenvalue weighted by atomic mass is 10.3. The van der Waals surface area contributed by atoms with Gasteiger partial charge in [0.15, 0.2) is 11.5 Å². The van der Waals surface area contributed by atoms with E-state index in [1.54, 1.807) is 25.2 Å². The Hall–Kier alpha value is -2.85. The van der Waals surface area contributed by atoms with Crippen LogP contribution in [0.5, 0.6) is 11.5 Å². The van der Waals surface area contributed by atoms with Crippen molar-refractivity contribution in [3.8, 4) is 11.5 Å². The number of nitrogens with one attached hydrogen (secondary N) is 1. The average Bonchev–Trinajstić information content (AvgIpc) is 3.04. The summed E-state index contributed by atoms with van der Waals surface area (Å²) < 4.78 is 37.3. The van der Waals surface area contributed by atoms with Crippen LogP contribution in [-0.4, -0.2) is 74.3 Å². The normalized spacial score (nSPS) is 14.5. The number of ether oxygens (including phenoxy) is 2. The minimum atomic E-state index is -0.817. The molecule has 0 atom stereocenters. The van der Waals surface area contributed by atoms with Gasteiger partial charge in [0, 0.05) is 37.1 Å². The molecule has 0 aromatic heterocycles. The first-order valence-electron chi connectivity index (χ1n) is 10.5. The van der Waals surface area contributed by atoms with Gasteiger partial charge in [0.25, 0.3) is 0 Å². The zero-order chi connectivity index (χ0) is 23.8. The van der Waals surface area contributed by atoms with Crippen LogP contribution in [0.4, 0.5) is 14.5 Å². The molecule has 1 N–H and O–H groups in total. The molecule has 0 radical (unpaired) electrons. The van der Waals surface area contributed by atoms with Gasteiger partial charge in [-0.1, -0.05) is 0 Å². The van der Waals surface area contributed by atoms with Gasteiger partial charge in [-0.25, -0.2) is 8.78 Å². The Balaban J connectivity index is 1.47. The maximum atomic E-state index is 13.7. The maximum Gasteiger partial charge on any atom is 0.238 e. The van der Waals surface area contributed by atoms with Crippen molar-refractivity contribution >= 4 is 29.3 Å². The first-order chi connectivity index (χ1) is 15.9. The number of carbonyl (C=O) groups excluding carboxylic acids is 2. The summed E-state index contributed by atoms with van der Waals surface area (Å²) in [6, 6.07) is 8.54. The van der Waals surface area contributed by atoms with Gasteiger partial charge in [-0.2, -0.15) is 0 Å². The number of halogens is 2. The van der Waals surface area contributed by atoms with Gasteiger partial charge in [-0.05, 0) is 36.8 Å². The molecule has 1 fully saturated rings. The molecule has 2 aromatic carbocycles. The van der Waals surface area contributed by atoms with Crippen molar-refractivity contribution < 1.29 is 27.8 Å². The molecule has 1 heterocycles. The summed E-state index contributed by atoms with van der Waals surface area (Å²) in [5, 5.41) is 2.47. The molecular formula is C23H27F2N3O4S. The van der Waals surface area contributed by atoms with E-state index in [9.17, 15) is 18.4 Å². The van der Waals surface area contributed by atoms with Crippen LogP contribution >= 0.6 is 11.8 Å². The van der Waals surface area contributed by atoms with E-state index in [2.05, 4.69) is 5.32 Å². The molecule has 0 aliphatic carbocycles. The van der Waals surface area contributed by atoms with Crippen LogP contribution in [-0.2, 0) is 9.59 Å². The van der Waals surface area contributed by atoms with Gasteiger partial charge in [-0.3, -0.25) is 14.5 Å². The fraction of sp³-hybridized carbons (Fsp3) is 0.391. The lowest BCUT2D eigenvalue weighted by Crippen LogP contribution is -2.38. The third-order valence-corrected chi connectivity index (χ3v) is 6.21. The van der Waals surface area contributed by atoms with Gasteiger partial charge >= 0.3 is 0 Å². The highest BCUT2D eigenvalue weighted by molar-refractivity contribution is 8.00. The van der Waals surface area contributed by atoms with Crippen LogP contribution in [0.15, 0.2) is 41.3 Å². The SMILES string of the molecule is COc1ccc(SCC(=O)N2CCCN(CC(=O)Nc3ccc(F)cc3F)CC2)cc1OC. The second-order valence-electron chi connectivity index (χ2n) is 7.49. The van der Waals surface area contributed by atoms with Crippen molar-refractivity contribution in [1.82, 2.24) is 9.80 Å². The Kier molecular flexibility index (Phi) is 8.90. The Morgan fingerprint density at radius 3 is 2.52 bits per heavy atom. The predicted octanol–water partition coefficient (Wildman–Crippen LogP) is 3.25. The van der Waals surface area contributed by atoms with E-state index in [1.807, 2.05) is 17.0 Å². The summed E-state index contributed by atoms with van der Waals surface area (Å²) in [4.78, 5) is 29.6. The Morgan fingerprint density at radius 1 is 1.00 bits per heavy atom. The molecule has 0 bridgehead atoms. The van der Waals surface area contributed by atoms with Crippen molar-refractivity contribution in [3.05, 3.63) is 48.0 Å². The molecular weight excluding hydrogens is 452 g/mol. The summed E-state index contributed by atoms with van der Waals surface area (Å²) in [7, 11) is 3.14. The number of rotatable bonds is 8. The molecule has 33 heavy (non-hydrogen) atoms. The summed E-state index contributed by atoms with van der Waals surface area (Å²) in [6.07, 6.45) is 0.727. The number of nitrogens with zero attached hydrogens (tertiary/aromatic N) is 2. The van der Waals surface area contributed by atoms with Crippen molar-refractivity contribution in [2.75, 3.05) is 58.0 Å². The summed E-state index contributed by atoms with van der Waals surface area (Å²) in [5.41, 5.74) is -0.0554. The minimum absolute atomic E-state index is 0.0227. The van der Waals surface area contributed by atoms with Crippen molar-refractivity contribution in [2.24, 2.45) is 0 Å². The van der Waals surface area contributed by atoms with Crippen LogP contribution in [0, 0.1) is 11.6 Å². The second-order valence-corrected chi connectivity index (χ2v) is 8.54. The number of amides is 2. The molecule has 0 unspecified atom stereocenters. The fourth-order valence-corrected chi connectivity index (χ4v) is 4.33. The lowest BCUT2D eigenvalue weighted by Gasteiger charge is -2.22. The zero-order valence-corrected chi connectivity index (χ0v) is 19.4. The topological polar surface area (TPSA) is 71.1 Å². The van der Waals surface area contributed by atoms with Gasteiger partial charge in [0.05, 0.1) is 32.2 Å². The third-order valence-electron chi connectivity index (χ3n) is 5.23. The molecule has 2 amide bonds. The molecule has 1 saturated heterocycles. The van der Waals surface area contributed by atoms with Gasteiger partial charge in [0.2, 0.25) is 11.8 Å². The number of hydrogen-bond donors (Lipinski definition) is 1. The van der Waals surface area contributed by atoms with E-state index in [0.29, 0.717) is 43.4 Å². The van der Waals surface area contributed by atoms with E-state index < -0.39 is 11.6 Å². The lowest BCUT2D eigenvalue weighted by molar-refractivity contribution is -0.128. The highest BCUT2D eigenvalue weighted by Crippen LogP contribution is 2.32. The van der Waals surface area contributed by atoms with Gasteiger partial charge in [0.1, 0.15) is 11.6 Å². The minimum Gasteiger partial charge on any atom is -0.493 e. The quantitative estimate of drug-likeness (QED) is 0.587. The first-order valence-corrected chi connectivity index (χ1v) is 11.5. The highest BCUT2D eigenvalue weighted by Gasteiger charge is 2.21. The Bertz CT molecular complexity index is 992. The number of hydrogen-bond acceptors (Lipinski definition) is 6. The van der Waals surface area contributed by atoms with Crippen LogP contribution in [0.1, 0.15) is 6.42 Å². The monoisotopic (exact) mass is 479 g/mol. The number of benzene rings is 2. The molecule has 10 heteroatoms. The van der Waals surface area contributed by atoms with E-state index in [1.165, 1.54) is 17.8 Å². The molecule has 2 aromatic rings. The third kappa shape index (κ3) is 7.06. The average molecular weight is 480 g/mol. The summed E-state index contributed by atoms with van der Waals surface area (Å²) in [6.45, 7) is 2.36. The van der Waals surface area contributed by atoms with Crippen LogP contribution in [0.25, 0.3) is 0 Å². The highest BCUT2D eigenvalue weighted by atomic mass is 32.2. The Morgan fingerprint density at radius 2 is 1.79 bits per heavy atom. The molecule has 1 aliphatic rings. The van der Waals surface area contributed by atoms with Gasteiger partial charge < -0.3 is 19.7 Å². The fourth-order valence-electron chi connectivity index (χ4n) is 3.50. The van der Waals surface area contributed by atoms with Crippen molar-refractivity contribution in [3.63, 3.8) is 0 Å². The van der Waals surface area contributed by atoms with E-state index in [0.717, 1.165) is 23.4 Å². The predicted molar refractivity (Wildman–Crippen MR) is 123 cm³/mol. The molecule has 178 valence electrons. The van der Waals surface area contributed by atoms with Crippen LogP contribution in [0.3, 0.4) is 0 Å².